The highest BCUT2D eigenvalue weighted by Crippen LogP contribution is 2.36. The normalized spacial score (nSPS) is 15.4. The molecule has 0 atom stereocenters. The molecule has 0 unspecified atom stereocenters. The number of hydrogen-bond acceptors (Lipinski definition) is 5. The standard InChI is InChI=1S/C14H17N3O2/c1-18-12-5-9-3-4-16-14(17-7-10(15)8-17)11(9)6-13(12)19-2/h3-6,10H,7-8,15H2,1-2H3. The van der Waals surface area contributed by atoms with E-state index in [0.29, 0.717) is 5.75 Å². The van der Waals surface area contributed by atoms with Crippen LogP contribution in [0, 0.1) is 0 Å². The lowest BCUT2D eigenvalue weighted by atomic mass is 10.1. The predicted molar refractivity (Wildman–Crippen MR) is 75.0 cm³/mol. The molecule has 2 heterocycles. The van der Waals surface area contributed by atoms with E-state index in [1.807, 2.05) is 24.4 Å². The smallest absolute Gasteiger partial charge is 0.161 e. The highest BCUT2D eigenvalue weighted by Gasteiger charge is 2.25. The molecule has 100 valence electrons. The van der Waals surface area contributed by atoms with Gasteiger partial charge in [0.2, 0.25) is 0 Å². The van der Waals surface area contributed by atoms with Gasteiger partial charge in [-0.1, -0.05) is 0 Å². The first-order chi connectivity index (χ1) is 9.22. The number of ether oxygens (including phenoxy) is 2. The number of nitrogens with zero attached hydrogens (tertiary/aromatic N) is 2. The molecule has 5 heteroatoms. The Morgan fingerprint density at radius 3 is 2.53 bits per heavy atom. The van der Waals surface area contributed by atoms with Gasteiger partial charge in [-0.2, -0.15) is 0 Å². The number of aromatic nitrogens is 1. The number of fused-ring (bicyclic) bond motifs is 1. The molecule has 1 aliphatic heterocycles. The molecule has 2 aromatic rings. The lowest BCUT2D eigenvalue weighted by Crippen LogP contribution is -2.56. The maximum absolute atomic E-state index is 5.84. The van der Waals surface area contributed by atoms with Crippen molar-refractivity contribution >= 4 is 16.6 Å². The van der Waals surface area contributed by atoms with Crippen LogP contribution in [0.25, 0.3) is 10.8 Å². The molecule has 3 rings (SSSR count). The van der Waals surface area contributed by atoms with Gasteiger partial charge in [0.05, 0.1) is 14.2 Å². The van der Waals surface area contributed by atoms with E-state index in [1.165, 1.54) is 0 Å². The summed E-state index contributed by atoms with van der Waals surface area (Å²) in [5.41, 5.74) is 5.84. The lowest BCUT2D eigenvalue weighted by Gasteiger charge is -2.38. The number of nitrogens with two attached hydrogens (primary N) is 1. The molecular weight excluding hydrogens is 242 g/mol. The molecule has 0 bridgehead atoms. The van der Waals surface area contributed by atoms with E-state index in [4.69, 9.17) is 15.2 Å². The maximum atomic E-state index is 5.84. The van der Waals surface area contributed by atoms with Gasteiger partial charge >= 0.3 is 0 Å². The van der Waals surface area contributed by atoms with Crippen LogP contribution in [0.2, 0.25) is 0 Å². The van der Waals surface area contributed by atoms with Crippen molar-refractivity contribution in [1.29, 1.82) is 0 Å². The highest BCUT2D eigenvalue weighted by molar-refractivity contribution is 5.95. The second-order valence-electron chi connectivity index (χ2n) is 4.73. The molecule has 0 spiro atoms. The third-order valence-electron chi connectivity index (χ3n) is 3.46. The number of rotatable bonds is 3. The number of benzene rings is 1. The van der Waals surface area contributed by atoms with Gasteiger partial charge in [0.15, 0.2) is 11.5 Å². The van der Waals surface area contributed by atoms with Gasteiger partial charge in [0.1, 0.15) is 5.82 Å². The Bertz CT molecular complexity index is 609. The molecule has 2 N–H and O–H groups in total. The Hall–Kier alpha value is -2.01. The molecular formula is C14H17N3O2. The Labute approximate surface area is 111 Å². The zero-order chi connectivity index (χ0) is 13.4. The molecule has 0 amide bonds. The minimum absolute atomic E-state index is 0.247. The first-order valence-electron chi connectivity index (χ1n) is 6.24. The number of hydrogen-bond donors (Lipinski definition) is 1. The fraction of sp³-hybridized carbons (Fsp3) is 0.357. The minimum Gasteiger partial charge on any atom is -0.493 e. The summed E-state index contributed by atoms with van der Waals surface area (Å²) in [6.07, 6.45) is 1.81. The predicted octanol–water partition coefficient (Wildman–Crippen LogP) is 1.40. The number of methoxy groups -OCH3 is 2. The van der Waals surface area contributed by atoms with Crippen molar-refractivity contribution in [1.82, 2.24) is 4.98 Å². The van der Waals surface area contributed by atoms with Crippen LogP contribution >= 0.6 is 0 Å². The van der Waals surface area contributed by atoms with Crippen LogP contribution < -0.4 is 20.1 Å². The Kier molecular flexibility index (Phi) is 2.91. The van der Waals surface area contributed by atoms with E-state index in [2.05, 4.69) is 9.88 Å². The molecule has 1 aromatic carbocycles. The topological polar surface area (TPSA) is 60.6 Å². The van der Waals surface area contributed by atoms with E-state index in [-0.39, 0.29) is 6.04 Å². The molecule has 1 saturated heterocycles. The summed E-state index contributed by atoms with van der Waals surface area (Å²) in [5.74, 6) is 2.40. The Morgan fingerprint density at radius 1 is 1.21 bits per heavy atom. The van der Waals surface area contributed by atoms with Crippen molar-refractivity contribution in [3.05, 3.63) is 24.4 Å². The minimum atomic E-state index is 0.247. The van der Waals surface area contributed by atoms with E-state index in [0.717, 1.165) is 35.4 Å². The van der Waals surface area contributed by atoms with E-state index in [1.54, 1.807) is 14.2 Å². The second-order valence-corrected chi connectivity index (χ2v) is 4.73. The van der Waals surface area contributed by atoms with Gasteiger partial charge in [0.25, 0.3) is 0 Å². The van der Waals surface area contributed by atoms with Crippen molar-refractivity contribution in [2.45, 2.75) is 6.04 Å². The van der Waals surface area contributed by atoms with Crippen LogP contribution in [0.5, 0.6) is 11.5 Å². The van der Waals surface area contributed by atoms with Gasteiger partial charge in [-0.25, -0.2) is 4.98 Å². The second kappa shape index (κ2) is 4.59. The zero-order valence-corrected chi connectivity index (χ0v) is 11.1. The van der Waals surface area contributed by atoms with E-state index >= 15 is 0 Å². The van der Waals surface area contributed by atoms with E-state index < -0.39 is 0 Å². The average molecular weight is 259 g/mol. The van der Waals surface area contributed by atoms with Crippen molar-refractivity contribution in [2.75, 3.05) is 32.2 Å². The highest BCUT2D eigenvalue weighted by atomic mass is 16.5. The van der Waals surface area contributed by atoms with Crippen LogP contribution in [0.4, 0.5) is 5.82 Å². The summed E-state index contributed by atoms with van der Waals surface area (Å²) in [6, 6.07) is 6.16. The van der Waals surface area contributed by atoms with Crippen molar-refractivity contribution in [3.63, 3.8) is 0 Å². The molecule has 0 radical (unpaired) electrons. The first kappa shape index (κ1) is 12.0. The molecule has 5 nitrogen and oxygen atoms in total. The van der Waals surface area contributed by atoms with Crippen LogP contribution in [0.3, 0.4) is 0 Å². The third kappa shape index (κ3) is 1.96. The quantitative estimate of drug-likeness (QED) is 0.902. The van der Waals surface area contributed by atoms with Gasteiger partial charge in [0, 0.05) is 30.7 Å². The number of anilines is 1. The maximum Gasteiger partial charge on any atom is 0.161 e. The van der Waals surface area contributed by atoms with Crippen molar-refractivity contribution in [2.24, 2.45) is 5.73 Å². The average Bonchev–Trinajstić information content (AvgIpc) is 2.41. The molecule has 0 aliphatic carbocycles. The largest absolute Gasteiger partial charge is 0.493 e. The van der Waals surface area contributed by atoms with Gasteiger partial charge in [-0.15, -0.1) is 0 Å². The van der Waals surface area contributed by atoms with Gasteiger partial charge in [-0.3, -0.25) is 0 Å². The zero-order valence-electron chi connectivity index (χ0n) is 11.1. The monoisotopic (exact) mass is 259 g/mol. The Morgan fingerprint density at radius 2 is 1.89 bits per heavy atom. The molecule has 19 heavy (non-hydrogen) atoms. The van der Waals surface area contributed by atoms with Crippen LogP contribution in [0.1, 0.15) is 0 Å². The number of pyridine rings is 1. The summed E-state index contributed by atoms with van der Waals surface area (Å²) < 4.78 is 10.7. The van der Waals surface area contributed by atoms with Crippen molar-refractivity contribution < 1.29 is 9.47 Å². The van der Waals surface area contributed by atoms with Crippen molar-refractivity contribution in [3.8, 4) is 11.5 Å². The molecule has 1 aromatic heterocycles. The summed E-state index contributed by atoms with van der Waals surface area (Å²) in [5, 5.41) is 2.15. The SMILES string of the molecule is COc1cc2ccnc(N3CC(N)C3)c2cc1OC. The third-order valence-corrected chi connectivity index (χ3v) is 3.46. The van der Waals surface area contributed by atoms with Crippen LogP contribution in [-0.4, -0.2) is 38.3 Å². The molecule has 0 saturated carbocycles. The molecule has 1 aliphatic rings. The first-order valence-corrected chi connectivity index (χ1v) is 6.24. The Balaban J connectivity index is 2.13. The summed E-state index contributed by atoms with van der Waals surface area (Å²) in [7, 11) is 3.28. The lowest BCUT2D eigenvalue weighted by molar-refractivity contribution is 0.356. The summed E-state index contributed by atoms with van der Waals surface area (Å²) >= 11 is 0. The molecule has 1 fully saturated rings. The van der Waals surface area contributed by atoms with Crippen LogP contribution in [0.15, 0.2) is 24.4 Å². The van der Waals surface area contributed by atoms with E-state index in [9.17, 15) is 0 Å². The fourth-order valence-electron chi connectivity index (χ4n) is 2.42. The van der Waals surface area contributed by atoms with Gasteiger partial charge in [-0.05, 0) is 23.6 Å². The fourth-order valence-corrected chi connectivity index (χ4v) is 2.42. The summed E-state index contributed by atoms with van der Waals surface area (Å²) in [4.78, 5) is 6.65. The summed E-state index contributed by atoms with van der Waals surface area (Å²) in [6.45, 7) is 1.70. The van der Waals surface area contributed by atoms with Crippen LogP contribution in [-0.2, 0) is 0 Å². The van der Waals surface area contributed by atoms with Gasteiger partial charge < -0.3 is 20.1 Å².